The van der Waals surface area contributed by atoms with Crippen LogP contribution < -0.4 is 10.6 Å². The summed E-state index contributed by atoms with van der Waals surface area (Å²) < 4.78 is 0. The maximum absolute atomic E-state index is 11.7. The molecule has 2 amide bonds. The fourth-order valence-electron chi connectivity index (χ4n) is 2.28. The van der Waals surface area contributed by atoms with Crippen LogP contribution in [-0.4, -0.2) is 23.9 Å². The number of hydrogen-bond donors (Lipinski definition) is 2. The zero-order valence-electron chi connectivity index (χ0n) is 12.2. The average Bonchev–Trinajstić information content (AvgIpc) is 2.62. The van der Waals surface area contributed by atoms with Gasteiger partial charge in [-0.3, -0.25) is 9.59 Å². The minimum atomic E-state index is -0.0756. The molecule has 106 valence electrons. The van der Waals surface area contributed by atoms with Crippen LogP contribution in [0.2, 0.25) is 0 Å². The molecule has 0 aliphatic heterocycles. The molecule has 0 aromatic carbocycles. The highest BCUT2D eigenvalue weighted by molar-refractivity contribution is 5.89. The minimum Gasteiger partial charge on any atom is -0.348 e. The van der Waals surface area contributed by atoms with Gasteiger partial charge < -0.3 is 10.6 Å². The van der Waals surface area contributed by atoms with Crippen molar-refractivity contribution in [3.63, 3.8) is 0 Å². The summed E-state index contributed by atoms with van der Waals surface area (Å²) in [4.78, 5) is 23.4. The Morgan fingerprint density at radius 3 is 1.53 bits per heavy atom. The van der Waals surface area contributed by atoms with Crippen LogP contribution in [0.5, 0.6) is 0 Å². The topological polar surface area (TPSA) is 58.2 Å². The molecular formula is C15H24N2O2. The van der Waals surface area contributed by atoms with E-state index in [-0.39, 0.29) is 23.9 Å². The Labute approximate surface area is 115 Å². The maximum atomic E-state index is 11.7. The zero-order chi connectivity index (χ0) is 14.4. The molecule has 0 unspecified atom stereocenters. The zero-order valence-corrected chi connectivity index (χ0v) is 12.2. The summed E-state index contributed by atoms with van der Waals surface area (Å²) in [5.41, 5.74) is 1.95. The third-order valence-electron chi connectivity index (χ3n) is 3.01. The fourth-order valence-corrected chi connectivity index (χ4v) is 2.28. The Balaban J connectivity index is 2.55. The van der Waals surface area contributed by atoms with Crippen LogP contribution in [0, 0.1) is 0 Å². The lowest BCUT2D eigenvalue weighted by atomic mass is 10.1. The van der Waals surface area contributed by atoms with E-state index < -0.39 is 0 Å². The van der Waals surface area contributed by atoms with E-state index in [1.54, 1.807) is 12.2 Å². The lowest BCUT2D eigenvalue weighted by Crippen LogP contribution is -2.47. The van der Waals surface area contributed by atoms with Gasteiger partial charge in [0.15, 0.2) is 0 Å². The molecule has 1 aliphatic carbocycles. The first kappa shape index (κ1) is 15.5. The largest absolute Gasteiger partial charge is 0.348 e. The molecule has 0 aromatic heterocycles. The van der Waals surface area contributed by atoms with E-state index in [1.165, 1.54) is 0 Å². The first-order valence-electron chi connectivity index (χ1n) is 6.79. The smallest absolute Gasteiger partial charge is 0.244 e. The van der Waals surface area contributed by atoms with Gasteiger partial charge >= 0.3 is 0 Å². The number of allylic oxidation sites excluding steroid dienone is 2. The summed E-state index contributed by atoms with van der Waals surface area (Å²) >= 11 is 0. The van der Waals surface area contributed by atoms with Crippen molar-refractivity contribution in [2.45, 2.75) is 59.0 Å². The van der Waals surface area contributed by atoms with Crippen LogP contribution in [0.3, 0.4) is 0 Å². The van der Waals surface area contributed by atoms with Crippen molar-refractivity contribution in [1.82, 2.24) is 10.6 Å². The number of nitrogens with one attached hydrogen (secondary N) is 2. The lowest BCUT2D eigenvalue weighted by molar-refractivity contribution is -0.119. The summed E-state index contributed by atoms with van der Waals surface area (Å²) in [7, 11) is 0. The van der Waals surface area contributed by atoms with Crippen molar-refractivity contribution in [1.29, 1.82) is 0 Å². The van der Waals surface area contributed by atoms with Crippen molar-refractivity contribution in [3.05, 3.63) is 23.3 Å². The molecule has 19 heavy (non-hydrogen) atoms. The third-order valence-corrected chi connectivity index (χ3v) is 3.01. The van der Waals surface area contributed by atoms with Crippen molar-refractivity contribution in [3.8, 4) is 0 Å². The number of carbonyl (C=O) groups excluding carboxylic acids is 2. The second-order valence-electron chi connectivity index (χ2n) is 5.60. The molecule has 0 aromatic rings. The molecular weight excluding hydrogens is 240 g/mol. The number of amides is 2. The van der Waals surface area contributed by atoms with Crippen LogP contribution in [0.1, 0.15) is 47.0 Å². The van der Waals surface area contributed by atoms with Gasteiger partial charge in [0.1, 0.15) is 0 Å². The summed E-state index contributed by atoms with van der Waals surface area (Å²) in [6.45, 7) is 7.56. The van der Waals surface area contributed by atoms with Gasteiger partial charge in [-0.05, 0) is 47.0 Å². The van der Waals surface area contributed by atoms with Crippen molar-refractivity contribution >= 4 is 11.8 Å². The predicted octanol–water partition coefficient (Wildman–Crippen LogP) is 2.07. The maximum Gasteiger partial charge on any atom is 0.244 e. The SMILES string of the molecule is CC(C)=CC(=O)N[C@H]1CCC[C@@H]1NC(=O)C=C(C)C. The Bertz CT molecular complexity index is 364. The molecule has 0 radical (unpaired) electrons. The lowest BCUT2D eigenvalue weighted by Gasteiger charge is -2.21. The quantitative estimate of drug-likeness (QED) is 0.764. The molecule has 1 aliphatic rings. The molecule has 0 saturated heterocycles. The van der Waals surface area contributed by atoms with E-state index in [2.05, 4.69) is 10.6 Å². The molecule has 0 heterocycles. The number of rotatable bonds is 4. The molecule has 2 atom stereocenters. The minimum absolute atomic E-state index is 0.0395. The van der Waals surface area contributed by atoms with Crippen molar-refractivity contribution in [2.24, 2.45) is 0 Å². The van der Waals surface area contributed by atoms with Gasteiger partial charge in [0, 0.05) is 24.2 Å². The van der Waals surface area contributed by atoms with Gasteiger partial charge in [-0.15, -0.1) is 0 Å². The van der Waals surface area contributed by atoms with E-state index >= 15 is 0 Å². The predicted molar refractivity (Wildman–Crippen MR) is 76.6 cm³/mol. The number of carbonyl (C=O) groups is 2. The van der Waals surface area contributed by atoms with E-state index in [0.29, 0.717) is 0 Å². The van der Waals surface area contributed by atoms with Gasteiger partial charge in [-0.2, -0.15) is 0 Å². The van der Waals surface area contributed by atoms with E-state index in [0.717, 1.165) is 30.4 Å². The summed E-state index contributed by atoms with van der Waals surface area (Å²) in [5, 5.41) is 5.94. The highest BCUT2D eigenvalue weighted by Crippen LogP contribution is 2.19. The van der Waals surface area contributed by atoms with Gasteiger partial charge in [0.25, 0.3) is 0 Å². The summed E-state index contributed by atoms with van der Waals surface area (Å²) in [6, 6.07) is 0.0789. The van der Waals surface area contributed by atoms with Crippen LogP contribution in [0.15, 0.2) is 23.3 Å². The molecule has 0 bridgehead atoms. The van der Waals surface area contributed by atoms with Gasteiger partial charge in [-0.25, -0.2) is 0 Å². The second-order valence-corrected chi connectivity index (χ2v) is 5.60. The van der Waals surface area contributed by atoms with Crippen molar-refractivity contribution < 1.29 is 9.59 Å². The normalized spacial score (nSPS) is 21.5. The van der Waals surface area contributed by atoms with Crippen LogP contribution in [0.4, 0.5) is 0 Å². The van der Waals surface area contributed by atoms with Gasteiger partial charge in [-0.1, -0.05) is 11.1 Å². The third kappa shape index (κ3) is 5.73. The Hall–Kier alpha value is -1.58. The summed E-state index contributed by atoms with van der Waals surface area (Å²) in [6.07, 6.45) is 6.05. The van der Waals surface area contributed by atoms with Gasteiger partial charge in [0.2, 0.25) is 11.8 Å². The molecule has 4 nitrogen and oxygen atoms in total. The summed E-state index contributed by atoms with van der Waals surface area (Å²) in [5.74, 6) is -0.151. The second kappa shape index (κ2) is 7.12. The Morgan fingerprint density at radius 1 is 0.842 bits per heavy atom. The van der Waals surface area contributed by atoms with Crippen LogP contribution in [0.25, 0.3) is 0 Å². The monoisotopic (exact) mass is 264 g/mol. The molecule has 4 heteroatoms. The van der Waals surface area contributed by atoms with E-state index in [9.17, 15) is 9.59 Å². The van der Waals surface area contributed by atoms with Crippen LogP contribution >= 0.6 is 0 Å². The molecule has 0 spiro atoms. The Morgan fingerprint density at radius 2 is 1.21 bits per heavy atom. The van der Waals surface area contributed by atoms with Gasteiger partial charge in [0.05, 0.1) is 0 Å². The first-order valence-corrected chi connectivity index (χ1v) is 6.79. The average molecular weight is 264 g/mol. The van der Waals surface area contributed by atoms with E-state index in [1.807, 2.05) is 27.7 Å². The highest BCUT2D eigenvalue weighted by Gasteiger charge is 2.28. The Kier molecular flexibility index (Phi) is 5.80. The standard InChI is InChI=1S/C15H24N2O2/c1-10(2)8-14(18)16-12-6-5-7-13(12)17-15(19)9-11(3)4/h8-9,12-13H,5-7H2,1-4H3,(H,16,18)(H,17,19)/t12-,13-/m0/s1. The van der Waals surface area contributed by atoms with E-state index in [4.69, 9.17) is 0 Å². The molecule has 2 N–H and O–H groups in total. The molecule has 1 saturated carbocycles. The number of hydrogen-bond acceptors (Lipinski definition) is 2. The first-order chi connectivity index (χ1) is 8.88. The molecule has 1 rings (SSSR count). The molecule has 1 fully saturated rings. The fraction of sp³-hybridized carbons (Fsp3) is 0.600. The van der Waals surface area contributed by atoms with Crippen LogP contribution in [-0.2, 0) is 9.59 Å². The van der Waals surface area contributed by atoms with Crippen molar-refractivity contribution in [2.75, 3.05) is 0 Å². The highest BCUT2D eigenvalue weighted by atomic mass is 16.2.